The summed E-state index contributed by atoms with van der Waals surface area (Å²) in [6.45, 7) is 1.42. The Hall–Kier alpha value is -0.690. The van der Waals surface area contributed by atoms with E-state index >= 15 is 0 Å². The first kappa shape index (κ1) is 8.41. The number of hydrogen-bond donors (Lipinski definition) is 0. The quantitative estimate of drug-likeness (QED) is 0.605. The molecule has 60 valence electrons. The predicted octanol–water partition coefficient (Wildman–Crippen LogP) is 0.475. The molecular weight excluding hydrogens is 160 g/mol. The molecule has 0 radical (unpaired) electrons. The minimum atomic E-state index is 0.177. The van der Waals surface area contributed by atoms with Crippen LogP contribution in [0.5, 0.6) is 0 Å². The van der Waals surface area contributed by atoms with E-state index in [0.29, 0.717) is 18.7 Å². The Morgan fingerprint density at radius 2 is 2.55 bits per heavy atom. The van der Waals surface area contributed by atoms with Gasteiger partial charge in [0.1, 0.15) is 0 Å². The number of amides is 1. The molecule has 1 saturated heterocycles. The molecule has 0 spiro atoms. The van der Waals surface area contributed by atoms with Crippen LogP contribution in [0.1, 0.15) is 6.42 Å². The van der Waals surface area contributed by atoms with Crippen LogP contribution in [0.4, 0.5) is 0 Å². The second-order valence-electron chi connectivity index (χ2n) is 2.34. The topological polar surface area (TPSA) is 44.1 Å². The normalized spacial score (nSPS) is 18.1. The Balaban J connectivity index is 2.31. The molecule has 1 amide bonds. The summed E-state index contributed by atoms with van der Waals surface area (Å²) in [5.41, 5.74) is 0. The SMILES string of the molecule is N#CCCN1CCSCC1=O. The Morgan fingerprint density at radius 1 is 1.73 bits per heavy atom. The zero-order valence-corrected chi connectivity index (χ0v) is 7.06. The molecule has 0 unspecified atom stereocenters. The molecule has 0 saturated carbocycles. The monoisotopic (exact) mass is 170 g/mol. The Labute approximate surface area is 70.4 Å². The maximum absolute atomic E-state index is 11.1. The molecule has 0 aromatic heterocycles. The molecule has 1 heterocycles. The van der Waals surface area contributed by atoms with E-state index in [4.69, 9.17) is 5.26 Å². The lowest BCUT2D eigenvalue weighted by Gasteiger charge is -2.25. The van der Waals surface area contributed by atoms with Crippen LogP contribution in [0.3, 0.4) is 0 Å². The summed E-state index contributed by atoms with van der Waals surface area (Å²) in [5.74, 6) is 1.78. The van der Waals surface area contributed by atoms with Crippen molar-refractivity contribution in [3.63, 3.8) is 0 Å². The van der Waals surface area contributed by atoms with Crippen molar-refractivity contribution in [1.29, 1.82) is 5.26 Å². The van der Waals surface area contributed by atoms with Gasteiger partial charge in [-0.1, -0.05) is 0 Å². The number of thioether (sulfide) groups is 1. The Kier molecular flexibility index (Phi) is 3.24. The van der Waals surface area contributed by atoms with Crippen molar-refractivity contribution in [3.05, 3.63) is 0 Å². The van der Waals surface area contributed by atoms with E-state index in [1.165, 1.54) is 0 Å². The van der Waals surface area contributed by atoms with Crippen molar-refractivity contribution in [1.82, 2.24) is 4.90 Å². The van der Waals surface area contributed by atoms with Crippen molar-refractivity contribution in [3.8, 4) is 6.07 Å². The highest BCUT2D eigenvalue weighted by Crippen LogP contribution is 2.10. The van der Waals surface area contributed by atoms with Gasteiger partial charge in [-0.05, 0) is 0 Å². The fraction of sp³-hybridized carbons (Fsp3) is 0.714. The number of carbonyl (C=O) groups excluding carboxylic acids is 1. The zero-order chi connectivity index (χ0) is 8.10. The van der Waals surface area contributed by atoms with E-state index < -0.39 is 0 Å². The van der Waals surface area contributed by atoms with Gasteiger partial charge in [-0.25, -0.2) is 0 Å². The van der Waals surface area contributed by atoms with Crippen molar-refractivity contribution in [2.24, 2.45) is 0 Å². The summed E-state index contributed by atoms with van der Waals surface area (Å²) in [6.07, 6.45) is 0.455. The van der Waals surface area contributed by atoms with E-state index in [2.05, 4.69) is 0 Å². The number of nitrogens with zero attached hydrogens (tertiary/aromatic N) is 2. The third-order valence-electron chi connectivity index (χ3n) is 1.58. The first-order valence-electron chi connectivity index (χ1n) is 3.57. The molecule has 0 bridgehead atoms. The fourth-order valence-corrected chi connectivity index (χ4v) is 1.82. The summed E-state index contributed by atoms with van der Waals surface area (Å²) in [6, 6.07) is 2.03. The summed E-state index contributed by atoms with van der Waals surface area (Å²) in [4.78, 5) is 12.9. The van der Waals surface area contributed by atoms with Crippen molar-refractivity contribution >= 4 is 17.7 Å². The average molecular weight is 170 g/mol. The minimum absolute atomic E-state index is 0.177. The highest BCUT2D eigenvalue weighted by Gasteiger charge is 2.16. The van der Waals surface area contributed by atoms with Crippen LogP contribution in [0.25, 0.3) is 0 Å². The van der Waals surface area contributed by atoms with Crippen molar-refractivity contribution in [2.75, 3.05) is 24.6 Å². The van der Waals surface area contributed by atoms with E-state index in [9.17, 15) is 4.79 Å². The smallest absolute Gasteiger partial charge is 0.232 e. The first-order valence-corrected chi connectivity index (χ1v) is 4.72. The van der Waals surface area contributed by atoms with Crippen LogP contribution in [0.2, 0.25) is 0 Å². The zero-order valence-electron chi connectivity index (χ0n) is 6.25. The second-order valence-corrected chi connectivity index (χ2v) is 3.45. The predicted molar refractivity (Wildman–Crippen MR) is 44.1 cm³/mol. The van der Waals surface area contributed by atoms with E-state index in [1.54, 1.807) is 16.7 Å². The van der Waals surface area contributed by atoms with Gasteiger partial charge in [0.15, 0.2) is 0 Å². The molecule has 0 aromatic carbocycles. The lowest BCUT2D eigenvalue weighted by atomic mass is 10.4. The van der Waals surface area contributed by atoms with E-state index in [1.807, 2.05) is 6.07 Å². The average Bonchev–Trinajstić information content (AvgIpc) is 2.03. The number of carbonyl (C=O) groups is 1. The largest absolute Gasteiger partial charge is 0.340 e. The van der Waals surface area contributed by atoms with Crippen LogP contribution in [0, 0.1) is 11.3 Å². The lowest BCUT2D eigenvalue weighted by molar-refractivity contribution is -0.128. The van der Waals surface area contributed by atoms with E-state index in [0.717, 1.165) is 12.3 Å². The van der Waals surface area contributed by atoms with Crippen LogP contribution in [-0.4, -0.2) is 35.4 Å². The van der Waals surface area contributed by atoms with Gasteiger partial charge in [0.2, 0.25) is 5.91 Å². The molecule has 1 aliphatic heterocycles. The van der Waals surface area contributed by atoms with Gasteiger partial charge >= 0.3 is 0 Å². The van der Waals surface area contributed by atoms with Crippen LogP contribution >= 0.6 is 11.8 Å². The fourth-order valence-electron chi connectivity index (χ4n) is 0.972. The van der Waals surface area contributed by atoms with Crippen LogP contribution < -0.4 is 0 Å². The Bertz CT molecular complexity index is 187. The van der Waals surface area contributed by atoms with Crippen molar-refractivity contribution < 1.29 is 4.79 Å². The van der Waals surface area contributed by atoms with Crippen molar-refractivity contribution in [2.45, 2.75) is 6.42 Å². The number of hydrogen-bond acceptors (Lipinski definition) is 3. The van der Waals surface area contributed by atoms with Gasteiger partial charge in [-0.2, -0.15) is 17.0 Å². The molecule has 0 aromatic rings. The maximum Gasteiger partial charge on any atom is 0.232 e. The number of nitriles is 1. The van der Waals surface area contributed by atoms with Gasteiger partial charge < -0.3 is 4.90 Å². The van der Waals surface area contributed by atoms with Gasteiger partial charge in [0.05, 0.1) is 18.2 Å². The third-order valence-corrected chi connectivity index (χ3v) is 2.50. The molecule has 1 fully saturated rings. The highest BCUT2D eigenvalue weighted by molar-refractivity contribution is 8.00. The molecule has 0 atom stereocenters. The summed E-state index contributed by atoms with van der Waals surface area (Å²) < 4.78 is 0. The molecule has 0 aliphatic carbocycles. The van der Waals surface area contributed by atoms with Gasteiger partial charge in [-0.3, -0.25) is 4.79 Å². The summed E-state index contributed by atoms with van der Waals surface area (Å²) >= 11 is 1.67. The number of rotatable bonds is 2. The summed E-state index contributed by atoms with van der Waals surface area (Å²) in [5, 5.41) is 8.29. The molecular formula is C7H10N2OS. The third kappa shape index (κ3) is 2.43. The Morgan fingerprint density at radius 3 is 3.18 bits per heavy atom. The highest BCUT2D eigenvalue weighted by atomic mass is 32.2. The molecule has 1 rings (SSSR count). The molecule has 11 heavy (non-hydrogen) atoms. The molecule has 4 heteroatoms. The van der Waals surface area contributed by atoms with Gasteiger partial charge in [0.25, 0.3) is 0 Å². The van der Waals surface area contributed by atoms with Crippen LogP contribution in [-0.2, 0) is 4.79 Å². The standard InChI is InChI=1S/C7H10N2OS/c8-2-1-3-9-4-5-11-6-7(9)10/h1,3-6H2. The summed E-state index contributed by atoms with van der Waals surface area (Å²) in [7, 11) is 0. The molecule has 1 aliphatic rings. The van der Waals surface area contributed by atoms with Gasteiger partial charge in [0, 0.05) is 18.8 Å². The van der Waals surface area contributed by atoms with E-state index in [-0.39, 0.29) is 5.91 Å². The van der Waals surface area contributed by atoms with Gasteiger partial charge in [-0.15, -0.1) is 0 Å². The molecule has 0 N–H and O–H groups in total. The molecule has 3 nitrogen and oxygen atoms in total. The maximum atomic E-state index is 11.1. The second kappa shape index (κ2) is 4.24. The first-order chi connectivity index (χ1) is 5.34. The minimum Gasteiger partial charge on any atom is -0.340 e. The lowest BCUT2D eigenvalue weighted by Crippen LogP contribution is -2.38. The van der Waals surface area contributed by atoms with Crippen LogP contribution in [0.15, 0.2) is 0 Å².